The number of pyridine rings is 1. The molecule has 0 atom stereocenters. The van der Waals surface area contributed by atoms with Crippen molar-refractivity contribution >= 4 is 5.52 Å². The van der Waals surface area contributed by atoms with E-state index in [4.69, 9.17) is 9.52 Å². The van der Waals surface area contributed by atoms with Crippen LogP contribution < -0.4 is 0 Å². The van der Waals surface area contributed by atoms with Gasteiger partial charge in [0.1, 0.15) is 18.1 Å². The van der Waals surface area contributed by atoms with Crippen molar-refractivity contribution in [3.05, 3.63) is 72.5 Å². The van der Waals surface area contributed by atoms with E-state index >= 15 is 0 Å². The molecule has 0 radical (unpaired) electrons. The molecule has 0 aliphatic rings. The average molecular weight is 290 g/mol. The molecule has 1 N–H and O–H groups in total. The van der Waals surface area contributed by atoms with E-state index in [-0.39, 0.29) is 6.61 Å². The fourth-order valence-electron chi connectivity index (χ4n) is 2.56. The molecule has 0 aliphatic carbocycles. The van der Waals surface area contributed by atoms with Crippen LogP contribution in [0.3, 0.4) is 0 Å². The van der Waals surface area contributed by atoms with Crippen LogP contribution in [0.2, 0.25) is 0 Å². The highest BCUT2D eigenvalue weighted by atomic mass is 16.4. The average Bonchev–Trinajstić information content (AvgIpc) is 3.21. The van der Waals surface area contributed by atoms with Crippen LogP contribution in [-0.4, -0.2) is 14.7 Å². The minimum Gasteiger partial charge on any atom is -0.457 e. The molecule has 108 valence electrons. The Morgan fingerprint density at radius 1 is 0.955 bits per heavy atom. The Bertz CT molecular complexity index is 923. The van der Waals surface area contributed by atoms with Crippen molar-refractivity contribution in [2.75, 3.05) is 0 Å². The summed E-state index contributed by atoms with van der Waals surface area (Å²) in [5, 5.41) is 13.8. The highest BCUT2D eigenvalue weighted by Crippen LogP contribution is 2.26. The van der Waals surface area contributed by atoms with Crippen molar-refractivity contribution in [2.45, 2.75) is 6.61 Å². The number of hydrogen-bond donors (Lipinski definition) is 1. The van der Waals surface area contributed by atoms with Crippen LogP contribution in [0.15, 0.2) is 71.1 Å². The minimum absolute atomic E-state index is 0.108. The highest BCUT2D eigenvalue weighted by Gasteiger charge is 2.11. The zero-order chi connectivity index (χ0) is 14.9. The quantitative estimate of drug-likeness (QED) is 0.625. The van der Waals surface area contributed by atoms with E-state index in [0.717, 1.165) is 22.5 Å². The maximum absolute atomic E-state index is 9.11. The molecule has 3 heterocycles. The number of aliphatic hydroxyl groups excluding tert-OH is 1. The van der Waals surface area contributed by atoms with Gasteiger partial charge in [-0.3, -0.25) is 0 Å². The number of aromatic nitrogens is 2. The van der Waals surface area contributed by atoms with Crippen molar-refractivity contribution in [1.29, 1.82) is 0 Å². The number of hydrogen-bond acceptors (Lipinski definition) is 3. The largest absolute Gasteiger partial charge is 0.457 e. The Hall–Kier alpha value is -2.85. The highest BCUT2D eigenvalue weighted by molar-refractivity contribution is 5.68. The summed E-state index contributed by atoms with van der Waals surface area (Å²) >= 11 is 0. The Morgan fingerprint density at radius 2 is 1.82 bits per heavy atom. The molecule has 1 aromatic carbocycles. The predicted octanol–water partition coefficient (Wildman–Crippen LogP) is 3.75. The molecule has 22 heavy (non-hydrogen) atoms. The van der Waals surface area contributed by atoms with Gasteiger partial charge in [-0.15, -0.1) is 0 Å². The van der Waals surface area contributed by atoms with Gasteiger partial charge in [0.05, 0.1) is 11.2 Å². The second-order valence-corrected chi connectivity index (χ2v) is 5.07. The fraction of sp³-hybridized carbons (Fsp3) is 0.0556. The molecule has 0 saturated heterocycles. The molecular weight excluding hydrogens is 276 g/mol. The van der Waals surface area contributed by atoms with Crippen LogP contribution in [-0.2, 0) is 6.61 Å². The van der Waals surface area contributed by atoms with Gasteiger partial charge in [-0.2, -0.15) is 5.10 Å². The fourth-order valence-corrected chi connectivity index (χ4v) is 2.56. The first kappa shape index (κ1) is 12.9. The molecule has 0 spiro atoms. The van der Waals surface area contributed by atoms with Crippen molar-refractivity contribution in [3.8, 4) is 22.7 Å². The molecule has 4 nitrogen and oxygen atoms in total. The molecule has 0 fully saturated rings. The minimum atomic E-state index is -0.108. The number of benzene rings is 1. The lowest BCUT2D eigenvalue weighted by Gasteiger charge is -2.04. The summed E-state index contributed by atoms with van der Waals surface area (Å²) < 4.78 is 7.48. The van der Waals surface area contributed by atoms with Gasteiger partial charge < -0.3 is 9.52 Å². The summed E-state index contributed by atoms with van der Waals surface area (Å²) in [6, 6.07) is 21.8. The zero-order valence-corrected chi connectivity index (χ0v) is 11.8. The first-order valence-electron chi connectivity index (χ1n) is 7.09. The van der Waals surface area contributed by atoms with E-state index < -0.39 is 0 Å². The Labute approximate surface area is 127 Å². The summed E-state index contributed by atoms with van der Waals surface area (Å²) in [6.45, 7) is -0.108. The van der Waals surface area contributed by atoms with Crippen molar-refractivity contribution in [3.63, 3.8) is 0 Å². The summed E-state index contributed by atoms with van der Waals surface area (Å²) in [5.41, 5.74) is 3.89. The second kappa shape index (κ2) is 5.16. The third kappa shape index (κ3) is 2.10. The molecule has 0 bridgehead atoms. The molecule has 4 rings (SSSR count). The topological polar surface area (TPSA) is 50.7 Å². The van der Waals surface area contributed by atoms with Gasteiger partial charge in [0.2, 0.25) is 0 Å². The maximum Gasteiger partial charge on any atom is 0.154 e. The summed E-state index contributed by atoms with van der Waals surface area (Å²) in [5.74, 6) is 1.20. The van der Waals surface area contributed by atoms with Gasteiger partial charge in [0, 0.05) is 5.56 Å². The van der Waals surface area contributed by atoms with E-state index in [1.807, 2.05) is 53.0 Å². The molecule has 0 saturated carbocycles. The second-order valence-electron chi connectivity index (χ2n) is 5.07. The smallest absolute Gasteiger partial charge is 0.154 e. The van der Waals surface area contributed by atoms with Crippen molar-refractivity contribution in [1.82, 2.24) is 9.61 Å². The number of aliphatic hydroxyl groups is 1. The molecule has 4 heteroatoms. The molecule has 0 unspecified atom stereocenters. The third-order valence-corrected chi connectivity index (χ3v) is 3.63. The SMILES string of the molecule is OCc1ccc(-c2cc3cccc(-c4ccccc4)n3n2)o1. The monoisotopic (exact) mass is 290 g/mol. The first-order chi connectivity index (χ1) is 10.8. The lowest BCUT2D eigenvalue weighted by Crippen LogP contribution is -1.93. The number of fused-ring (bicyclic) bond motifs is 1. The van der Waals surface area contributed by atoms with Crippen LogP contribution in [0, 0.1) is 0 Å². The molecule has 4 aromatic rings. The normalized spacial score (nSPS) is 11.1. The lowest BCUT2D eigenvalue weighted by molar-refractivity contribution is 0.248. The standard InChI is InChI=1S/C18H14N2O2/c21-12-15-9-10-18(22-15)16-11-14-7-4-8-17(20(14)19-16)13-5-2-1-3-6-13/h1-11,21H,12H2. The van der Waals surface area contributed by atoms with Crippen molar-refractivity contribution < 1.29 is 9.52 Å². The lowest BCUT2D eigenvalue weighted by atomic mass is 10.1. The van der Waals surface area contributed by atoms with Crippen LogP contribution in [0.5, 0.6) is 0 Å². The summed E-state index contributed by atoms with van der Waals surface area (Å²) in [7, 11) is 0. The van der Waals surface area contributed by atoms with Gasteiger partial charge in [-0.1, -0.05) is 36.4 Å². The third-order valence-electron chi connectivity index (χ3n) is 3.63. The number of nitrogens with zero attached hydrogens (tertiary/aromatic N) is 2. The summed E-state index contributed by atoms with van der Waals surface area (Å²) in [4.78, 5) is 0. The van der Waals surface area contributed by atoms with Gasteiger partial charge in [-0.25, -0.2) is 4.52 Å². The number of rotatable bonds is 3. The van der Waals surface area contributed by atoms with E-state index in [1.165, 1.54) is 0 Å². The zero-order valence-electron chi connectivity index (χ0n) is 11.8. The van der Waals surface area contributed by atoms with Crippen LogP contribution in [0.1, 0.15) is 5.76 Å². The van der Waals surface area contributed by atoms with Gasteiger partial charge in [0.15, 0.2) is 5.76 Å². The van der Waals surface area contributed by atoms with Crippen molar-refractivity contribution in [2.24, 2.45) is 0 Å². The Morgan fingerprint density at radius 3 is 2.59 bits per heavy atom. The number of furan rings is 1. The van der Waals surface area contributed by atoms with Gasteiger partial charge in [-0.05, 0) is 30.3 Å². The molecular formula is C18H14N2O2. The van der Waals surface area contributed by atoms with Crippen LogP contribution in [0.4, 0.5) is 0 Å². The maximum atomic E-state index is 9.11. The first-order valence-corrected chi connectivity index (χ1v) is 7.09. The van der Waals surface area contributed by atoms with Gasteiger partial charge >= 0.3 is 0 Å². The van der Waals surface area contributed by atoms with Crippen LogP contribution >= 0.6 is 0 Å². The predicted molar refractivity (Wildman–Crippen MR) is 84.3 cm³/mol. The van der Waals surface area contributed by atoms with Gasteiger partial charge in [0.25, 0.3) is 0 Å². The Kier molecular flexibility index (Phi) is 3.02. The Balaban J connectivity index is 1.87. The molecule has 0 aliphatic heterocycles. The molecule has 0 amide bonds. The van der Waals surface area contributed by atoms with Crippen LogP contribution in [0.25, 0.3) is 28.2 Å². The van der Waals surface area contributed by atoms with E-state index in [9.17, 15) is 0 Å². The summed E-state index contributed by atoms with van der Waals surface area (Å²) in [6.07, 6.45) is 0. The molecule has 3 aromatic heterocycles. The van der Waals surface area contributed by atoms with E-state index in [1.54, 1.807) is 6.07 Å². The van der Waals surface area contributed by atoms with E-state index in [0.29, 0.717) is 11.5 Å². The van der Waals surface area contributed by atoms with E-state index in [2.05, 4.69) is 17.2 Å².